The molecular formula is C14H17ClN4OS. The summed E-state index contributed by atoms with van der Waals surface area (Å²) in [6, 6.07) is 9.70. The predicted octanol–water partition coefficient (Wildman–Crippen LogP) is 1.95. The highest BCUT2D eigenvalue weighted by molar-refractivity contribution is 7.99. The number of carbonyl (C=O) groups is 1. The van der Waals surface area contributed by atoms with Crippen LogP contribution in [0.3, 0.4) is 0 Å². The van der Waals surface area contributed by atoms with E-state index in [1.165, 1.54) is 0 Å². The highest BCUT2D eigenvalue weighted by Crippen LogP contribution is 2.14. The smallest absolute Gasteiger partial charge is 0.242 e. The van der Waals surface area contributed by atoms with E-state index in [9.17, 15) is 4.79 Å². The topological polar surface area (TPSA) is 59.0 Å². The molecule has 1 saturated heterocycles. The first-order valence-corrected chi connectivity index (χ1v) is 7.65. The Hall–Kier alpha value is -1.50. The minimum absolute atomic E-state index is 0. The molecule has 21 heavy (non-hydrogen) atoms. The Morgan fingerprint density at radius 2 is 2.24 bits per heavy atom. The number of halogens is 1. The number of nitrogens with zero attached hydrogens (tertiary/aromatic N) is 2. The molecule has 3 rings (SSSR count). The second-order valence-electron chi connectivity index (χ2n) is 4.66. The zero-order valence-electron chi connectivity index (χ0n) is 11.4. The molecule has 0 bridgehead atoms. The zero-order chi connectivity index (χ0) is 13.8. The standard InChI is InChI=1S/C14H16N4OS.ClH/c19-14(13-9-20-10-15-13)17-12-4-2-11(3-5-12)8-18-7-1-6-16-18;/h1-7,13,15H,8-10H2,(H,17,19);1H. The number of hydrogen-bond donors (Lipinski definition) is 2. The van der Waals surface area contributed by atoms with Gasteiger partial charge in [0.15, 0.2) is 0 Å². The fourth-order valence-electron chi connectivity index (χ4n) is 2.07. The van der Waals surface area contributed by atoms with Crippen LogP contribution in [0, 0.1) is 0 Å². The third-order valence-corrected chi connectivity index (χ3v) is 4.10. The molecule has 112 valence electrons. The molecule has 2 aromatic rings. The van der Waals surface area contributed by atoms with Gasteiger partial charge in [-0.2, -0.15) is 5.10 Å². The van der Waals surface area contributed by atoms with Crippen molar-refractivity contribution < 1.29 is 4.79 Å². The summed E-state index contributed by atoms with van der Waals surface area (Å²) >= 11 is 1.74. The van der Waals surface area contributed by atoms with Crippen LogP contribution >= 0.6 is 24.2 Å². The lowest BCUT2D eigenvalue weighted by molar-refractivity contribution is -0.117. The molecule has 1 fully saturated rings. The Morgan fingerprint density at radius 3 is 2.86 bits per heavy atom. The molecule has 1 amide bonds. The second-order valence-corrected chi connectivity index (χ2v) is 5.69. The molecule has 0 radical (unpaired) electrons. The van der Waals surface area contributed by atoms with Gasteiger partial charge in [0.2, 0.25) is 5.91 Å². The maximum absolute atomic E-state index is 12.0. The number of amides is 1. The predicted molar refractivity (Wildman–Crippen MR) is 87.9 cm³/mol. The Bertz CT molecular complexity index is 567. The summed E-state index contributed by atoms with van der Waals surface area (Å²) < 4.78 is 1.87. The molecule has 1 aromatic heterocycles. The van der Waals surface area contributed by atoms with Crippen LogP contribution in [-0.4, -0.2) is 33.4 Å². The van der Waals surface area contributed by atoms with E-state index in [0.717, 1.165) is 29.4 Å². The van der Waals surface area contributed by atoms with Crippen LogP contribution in [0.4, 0.5) is 5.69 Å². The third-order valence-electron chi connectivity index (χ3n) is 3.16. The summed E-state index contributed by atoms with van der Waals surface area (Å²) in [6.07, 6.45) is 3.69. The SMILES string of the molecule is Cl.O=C(Nc1ccc(Cn2cccn2)cc1)C1CSCN1. The number of rotatable bonds is 4. The van der Waals surface area contributed by atoms with Crippen LogP contribution < -0.4 is 10.6 Å². The molecule has 0 saturated carbocycles. The molecule has 0 spiro atoms. The van der Waals surface area contributed by atoms with Gasteiger partial charge in [-0.3, -0.25) is 14.8 Å². The molecule has 1 aliphatic heterocycles. The molecule has 2 heterocycles. The van der Waals surface area contributed by atoms with Gasteiger partial charge in [-0.15, -0.1) is 24.2 Å². The van der Waals surface area contributed by atoms with Crippen LogP contribution in [0.15, 0.2) is 42.7 Å². The van der Waals surface area contributed by atoms with Crippen molar-refractivity contribution in [3.8, 4) is 0 Å². The summed E-state index contributed by atoms with van der Waals surface area (Å²) in [4.78, 5) is 12.0. The minimum atomic E-state index is -0.0799. The first-order valence-electron chi connectivity index (χ1n) is 6.49. The maximum atomic E-state index is 12.0. The molecule has 1 unspecified atom stereocenters. The Labute approximate surface area is 133 Å². The first kappa shape index (κ1) is 15.9. The largest absolute Gasteiger partial charge is 0.325 e. The van der Waals surface area contributed by atoms with Crippen LogP contribution in [0.1, 0.15) is 5.56 Å². The van der Waals surface area contributed by atoms with Gasteiger partial charge in [-0.05, 0) is 23.8 Å². The van der Waals surface area contributed by atoms with Crippen molar-refractivity contribution >= 4 is 35.8 Å². The summed E-state index contributed by atoms with van der Waals surface area (Å²) in [5.74, 6) is 1.72. The van der Waals surface area contributed by atoms with Gasteiger partial charge in [-0.1, -0.05) is 12.1 Å². The zero-order valence-corrected chi connectivity index (χ0v) is 13.0. The lowest BCUT2D eigenvalue weighted by atomic mass is 10.2. The van der Waals surface area contributed by atoms with E-state index in [0.29, 0.717) is 0 Å². The summed E-state index contributed by atoms with van der Waals surface area (Å²) in [5.41, 5.74) is 1.99. The van der Waals surface area contributed by atoms with Crippen LogP contribution in [0.25, 0.3) is 0 Å². The highest BCUT2D eigenvalue weighted by atomic mass is 35.5. The quantitative estimate of drug-likeness (QED) is 0.902. The molecule has 1 aromatic carbocycles. The minimum Gasteiger partial charge on any atom is -0.325 e. The monoisotopic (exact) mass is 324 g/mol. The van der Waals surface area contributed by atoms with Crippen LogP contribution in [0.5, 0.6) is 0 Å². The number of anilines is 1. The number of aromatic nitrogens is 2. The van der Waals surface area contributed by atoms with Gasteiger partial charge >= 0.3 is 0 Å². The first-order chi connectivity index (χ1) is 9.81. The average Bonchev–Trinajstić information content (AvgIpc) is 3.13. The van der Waals surface area contributed by atoms with Gasteiger partial charge in [0, 0.05) is 29.7 Å². The number of hydrogen-bond acceptors (Lipinski definition) is 4. The molecule has 1 atom stereocenters. The fraction of sp³-hybridized carbons (Fsp3) is 0.286. The molecule has 0 aliphatic carbocycles. The number of thioether (sulfide) groups is 1. The van der Waals surface area contributed by atoms with Gasteiger partial charge in [0.1, 0.15) is 0 Å². The fourth-order valence-corrected chi connectivity index (χ4v) is 3.01. The van der Waals surface area contributed by atoms with Crippen molar-refractivity contribution in [2.75, 3.05) is 16.9 Å². The van der Waals surface area contributed by atoms with Crippen LogP contribution in [-0.2, 0) is 11.3 Å². The van der Waals surface area contributed by atoms with Crippen molar-refractivity contribution in [3.05, 3.63) is 48.3 Å². The van der Waals surface area contributed by atoms with E-state index in [1.807, 2.05) is 41.2 Å². The van der Waals surface area contributed by atoms with Gasteiger partial charge in [0.25, 0.3) is 0 Å². The maximum Gasteiger partial charge on any atom is 0.242 e. The molecular weight excluding hydrogens is 308 g/mol. The van der Waals surface area contributed by atoms with E-state index in [4.69, 9.17) is 0 Å². The third kappa shape index (κ3) is 4.23. The number of nitrogens with one attached hydrogen (secondary N) is 2. The molecule has 5 nitrogen and oxygen atoms in total. The lowest BCUT2D eigenvalue weighted by Gasteiger charge is -2.11. The highest BCUT2D eigenvalue weighted by Gasteiger charge is 2.22. The summed E-state index contributed by atoms with van der Waals surface area (Å²) in [6.45, 7) is 0.738. The van der Waals surface area contributed by atoms with Crippen molar-refractivity contribution in [2.45, 2.75) is 12.6 Å². The second kappa shape index (κ2) is 7.49. The Morgan fingerprint density at radius 1 is 1.43 bits per heavy atom. The van der Waals surface area contributed by atoms with Gasteiger partial charge in [-0.25, -0.2) is 0 Å². The van der Waals surface area contributed by atoms with Gasteiger partial charge < -0.3 is 5.32 Å². The van der Waals surface area contributed by atoms with Gasteiger partial charge in [0.05, 0.1) is 12.6 Å². The van der Waals surface area contributed by atoms with E-state index in [-0.39, 0.29) is 24.4 Å². The summed E-state index contributed by atoms with van der Waals surface area (Å²) in [7, 11) is 0. The normalized spacial score (nSPS) is 17.2. The molecule has 2 N–H and O–H groups in total. The number of benzene rings is 1. The van der Waals surface area contributed by atoms with E-state index < -0.39 is 0 Å². The Balaban J connectivity index is 0.00000161. The van der Waals surface area contributed by atoms with Crippen molar-refractivity contribution in [3.63, 3.8) is 0 Å². The Kier molecular flexibility index (Phi) is 5.67. The van der Waals surface area contributed by atoms with E-state index >= 15 is 0 Å². The molecule has 7 heteroatoms. The molecule has 1 aliphatic rings. The van der Waals surface area contributed by atoms with Crippen molar-refractivity contribution in [1.29, 1.82) is 0 Å². The van der Waals surface area contributed by atoms with Crippen LogP contribution in [0.2, 0.25) is 0 Å². The van der Waals surface area contributed by atoms with Crippen molar-refractivity contribution in [1.82, 2.24) is 15.1 Å². The van der Waals surface area contributed by atoms with Crippen molar-refractivity contribution in [2.24, 2.45) is 0 Å². The summed E-state index contributed by atoms with van der Waals surface area (Å²) in [5, 5.41) is 10.3. The number of carbonyl (C=O) groups excluding carboxylic acids is 1. The van der Waals surface area contributed by atoms with E-state index in [2.05, 4.69) is 15.7 Å². The van der Waals surface area contributed by atoms with E-state index in [1.54, 1.807) is 18.0 Å². The lowest BCUT2D eigenvalue weighted by Crippen LogP contribution is -2.37. The average molecular weight is 325 g/mol.